The van der Waals surface area contributed by atoms with Gasteiger partial charge < -0.3 is 25.6 Å². The molecule has 8 heteroatoms. The fourth-order valence-corrected chi connectivity index (χ4v) is 5.14. The maximum absolute atomic E-state index is 13.1. The molecular formula is C27H34N6O2. The third-order valence-corrected chi connectivity index (χ3v) is 7.14. The van der Waals surface area contributed by atoms with Crippen LogP contribution in [0.25, 0.3) is 10.9 Å². The van der Waals surface area contributed by atoms with E-state index in [1.54, 1.807) is 13.4 Å². The van der Waals surface area contributed by atoms with Gasteiger partial charge in [0.05, 0.1) is 12.1 Å². The molecule has 0 atom stereocenters. The number of benzene rings is 2. The number of nitrogens with one attached hydrogen (secondary N) is 1. The molecule has 2 aliphatic rings. The van der Waals surface area contributed by atoms with Gasteiger partial charge in [0.15, 0.2) is 0 Å². The fraction of sp³-hybridized carbons (Fsp3) is 0.444. The summed E-state index contributed by atoms with van der Waals surface area (Å²) >= 11 is 0. The number of methoxy groups -OCH3 is 1. The summed E-state index contributed by atoms with van der Waals surface area (Å²) in [5, 5.41) is 4.46. The van der Waals surface area contributed by atoms with Crippen LogP contribution in [0.3, 0.4) is 0 Å². The van der Waals surface area contributed by atoms with Crippen molar-refractivity contribution < 1.29 is 9.53 Å². The molecule has 0 bridgehead atoms. The van der Waals surface area contributed by atoms with Gasteiger partial charge in [-0.1, -0.05) is 6.07 Å². The lowest BCUT2D eigenvalue weighted by molar-refractivity contribution is 0.0714. The number of anilines is 2. The molecule has 3 heterocycles. The second-order valence-corrected chi connectivity index (χ2v) is 9.59. The second-order valence-electron chi connectivity index (χ2n) is 9.59. The van der Waals surface area contributed by atoms with Crippen LogP contribution in [0.15, 0.2) is 36.7 Å². The summed E-state index contributed by atoms with van der Waals surface area (Å²) in [7, 11) is 1.70. The molecule has 3 aromatic rings. The van der Waals surface area contributed by atoms with Crippen molar-refractivity contribution in [3.8, 4) is 0 Å². The lowest BCUT2D eigenvalue weighted by Crippen LogP contribution is -2.43. The van der Waals surface area contributed by atoms with Crippen LogP contribution in [0.5, 0.6) is 0 Å². The molecule has 184 valence electrons. The SMILES string of the molecule is COCCNc1cc(C)c2ncnc(N3CCc4ccc(C(=O)N5CCC(N)CC5)cc4C3)c2c1. The van der Waals surface area contributed by atoms with Crippen LogP contribution >= 0.6 is 0 Å². The average Bonchev–Trinajstić information content (AvgIpc) is 2.88. The van der Waals surface area contributed by atoms with Gasteiger partial charge in [0.25, 0.3) is 5.91 Å². The molecule has 0 saturated carbocycles. The topological polar surface area (TPSA) is 96.6 Å². The second kappa shape index (κ2) is 10.2. The summed E-state index contributed by atoms with van der Waals surface area (Å²) in [4.78, 5) is 26.6. The lowest BCUT2D eigenvalue weighted by atomic mass is 9.96. The number of nitrogens with zero attached hydrogens (tertiary/aromatic N) is 4. The summed E-state index contributed by atoms with van der Waals surface area (Å²) in [6.07, 6.45) is 4.30. The summed E-state index contributed by atoms with van der Waals surface area (Å²) in [5.41, 5.74) is 12.4. The summed E-state index contributed by atoms with van der Waals surface area (Å²) in [5.74, 6) is 1.03. The van der Waals surface area contributed by atoms with Crippen molar-refractivity contribution in [2.24, 2.45) is 5.73 Å². The molecule has 2 aromatic carbocycles. The Bertz CT molecular complexity index is 1220. The third kappa shape index (κ3) is 4.94. The highest BCUT2D eigenvalue weighted by Gasteiger charge is 2.25. The van der Waals surface area contributed by atoms with Gasteiger partial charge >= 0.3 is 0 Å². The van der Waals surface area contributed by atoms with E-state index in [1.807, 2.05) is 11.0 Å². The molecule has 35 heavy (non-hydrogen) atoms. The van der Waals surface area contributed by atoms with E-state index in [0.717, 1.165) is 79.0 Å². The minimum atomic E-state index is 0.103. The first-order valence-electron chi connectivity index (χ1n) is 12.4. The minimum absolute atomic E-state index is 0.103. The number of fused-ring (bicyclic) bond motifs is 2. The van der Waals surface area contributed by atoms with E-state index in [-0.39, 0.29) is 11.9 Å². The van der Waals surface area contributed by atoms with E-state index in [2.05, 4.69) is 46.4 Å². The molecule has 1 aromatic heterocycles. The number of aromatic nitrogens is 2. The maximum atomic E-state index is 13.1. The molecule has 1 fully saturated rings. The molecule has 0 radical (unpaired) electrons. The molecule has 3 N–H and O–H groups in total. The number of hydrogen-bond donors (Lipinski definition) is 2. The standard InChI is InChI=1S/C27H34N6O2/c1-18-13-23(29-8-12-35-2)15-24-25(18)30-17-31-26(24)33-9-5-19-3-4-20(14-21(19)16-33)27(34)32-10-6-22(28)7-11-32/h3-4,13-15,17,22,29H,5-12,16,28H2,1-2H3. The summed E-state index contributed by atoms with van der Waals surface area (Å²) in [6.45, 7) is 6.51. The van der Waals surface area contributed by atoms with Gasteiger partial charge in [-0.3, -0.25) is 4.79 Å². The van der Waals surface area contributed by atoms with Crippen LogP contribution in [0.2, 0.25) is 0 Å². The summed E-state index contributed by atoms with van der Waals surface area (Å²) < 4.78 is 5.18. The van der Waals surface area contributed by atoms with Gasteiger partial charge in [-0.15, -0.1) is 0 Å². The van der Waals surface area contributed by atoms with Crippen molar-refractivity contribution in [1.29, 1.82) is 0 Å². The quantitative estimate of drug-likeness (QED) is 0.530. The number of nitrogens with two attached hydrogens (primary N) is 1. The van der Waals surface area contributed by atoms with Crippen molar-refractivity contribution >= 4 is 28.3 Å². The maximum Gasteiger partial charge on any atom is 0.253 e. The lowest BCUT2D eigenvalue weighted by Gasteiger charge is -2.32. The van der Waals surface area contributed by atoms with E-state index in [9.17, 15) is 4.79 Å². The smallest absolute Gasteiger partial charge is 0.253 e. The number of carbonyl (C=O) groups is 1. The van der Waals surface area contributed by atoms with Gasteiger partial charge in [-0.05, 0) is 67.1 Å². The zero-order valence-corrected chi connectivity index (χ0v) is 20.6. The predicted octanol–water partition coefficient (Wildman–Crippen LogP) is 3.12. The Labute approximate surface area is 206 Å². The van der Waals surface area contributed by atoms with Crippen LogP contribution in [-0.2, 0) is 17.7 Å². The van der Waals surface area contributed by atoms with E-state index >= 15 is 0 Å². The first kappa shape index (κ1) is 23.5. The first-order chi connectivity index (χ1) is 17.0. The molecule has 1 amide bonds. The van der Waals surface area contributed by atoms with Crippen molar-refractivity contribution in [3.63, 3.8) is 0 Å². The summed E-state index contributed by atoms with van der Waals surface area (Å²) in [6, 6.07) is 10.6. The number of hydrogen-bond acceptors (Lipinski definition) is 7. The van der Waals surface area contributed by atoms with Gasteiger partial charge in [0.1, 0.15) is 12.1 Å². The van der Waals surface area contributed by atoms with Crippen LogP contribution in [0.1, 0.15) is 39.9 Å². The van der Waals surface area contributed by atoms with E-state index in [0.29, 0.717) is 13.2 Å². The largest absolute Gasteiger partial charge is 0.383 e. The van der Waals surface area contributed by atoms with E-state index < -0.39 is 0 Å². The Morgan fingerprint density at radius 1 is 1.14 bits per heavy atom. The fourth-order valence-electron chi connectivity index (χ4n) is 5.14. The zero-order chi connectivity index (χ0) is 24.4. The Balaban J connectivity index is 1.41. The van der Waals surface area contributed by atoms with Gasteiger partial charge in [0.2, 0.25) is 0 Å². The Kier molecular flexibility index (Phi) is 6.83. The number of rotatable bonds is 6. The third-order valence-electron chi connectivity index (χ3n) is 7.14. The highest BCUT2D eigenvalue weighted by atomic mass is 16.5. The van der Waals surface area contributed by atoms with Crippen molar-refractivity contribution in [2.75, 3.05) is 50.1 Å². The first-order valence-corrected chi connectivity index (χ1v) is 12.4. The predicted molar refractivity (Wildman–Crippen MR) is 139 cm³/mol. The number of likely N-dealkylation sites (tertiary alicyclic amines) is 1. The molecule has 0 aliphatic carbocycles. The number of carbonyl (C=O) groups excluding carboxylic acids is 1. The van der Waals surface area contributed by atoms with E-state index in [1.165, 1.54) is 11.1 Å². The van der Waals surface area contributed by atoms with Gasteiger partial charge in [0, 0.05) is 62.5 Å². The van der Waals surface area contributed by atoms with Crippen molar-refractivity contribution in [1.82, 2.24) is 14.9 Å². The van der Waals surface area contributed by atoms with Crippen LogP contribution in [0, 0.1) is 6.92 Å². The molecule has 1 saturated heterocycles. The molecule has 5 rings (SSSR count). The Morgan fingerprint density at radius 2 is 1.97 bits per heavy atom. The average molecular weight is 475 g/mol. The van der Waals surface area contributed by atoms with Crippen molar-refractivity contribution in [3.05, 3.63) is 58.9 Å². The zero-order valence-electron chi connectivity index (χ0n) is 20.6. The monoisotopic (exact) mass is 474 g/mol. The van der Waals surface area contributed by atoms with Gasteiger partial charge in [-0.25, -0.2) is 9.97 Å². The number of piperidine rings is 1. The molecule has 0 spiro atoms. The van der Waals surface area contributed by atoms with Crippen LogP contribution in [-0.4, -0.2) is 66.7 Å². The molecule has 2 aliphatic heterocycles. The van der Waals surface area contributed by atoms with Crippen LogP contribution < -0.4 is 16.0 Å². The minimum Gasteiger partial charge on any atom is -0.383 e. The molecule has 8 nitrogen and oxygen atoms in total. The number of amides is 1. The van der Waals surface area contributed by atoms with Gasteiger partial charge in [-0.2, -0.15) is 0 Å². The molecule has 0 unspecified atom stereocenters. The number of ether oxygens (including phenoxy) is 1. The highest BCUT2D eigenvalue weighted by molar-refractivity contribution is 5.95. The molecular weight excluding hydrogens is 440 g/mol. The van der Waals surface area contributed by atoms with Crippen LogP contribution in [0.4, 0.5) is 11.5 Å². The van der Waals surface area contributed by atoms with Crippen molar-refractivity contribution in [2.45, 2.75) is 38.8 Å². The Morgan fingerprint density at radius 3 is 2.77 bits per heavy atom. The number of aryl methyl sites for hydroxylation is 1. The normalized spacial score (nSPS) is 16.4. The highest BCUT2D eigenvalue weighted by Crippen LogP contribution is 2.32. The van der Waals surface area contributed by atoms with E-state index in [4.69, 9.17) is 15.5 Å². The Hall–Kier alpha value is -3.23.